The highest BCUT2D eigenvalue weighted by Gasteiger charge is 2.36. The van der Waals surface area contributed by atoms with E-state index in [9.17, 15) is 0 Å². The van der Waals surface area contributed by atoms with Gasteiger partial charge in [0.15, 0.2) is 0 Å². The van der Waals surface area contributed by atoms with Gasteiger partial charge in [0, 0.05) is 18.6 Å². The lowest BCUT2D eigenvalue weighted by atomic mass is 9.70. The predicted molar refractivity (Wildman–Crippen MR) is 73.9 cm³/mol. The van der Waals surface area contributed by atoms with Crippen LogP contribution in [-0.4, -0.2) is 30.6 Å². The Kier molecular flexibility index (Phi) is 3.84. The quantitative estimate of drug-likeness (QED) is 0.816. The zero-order valence-corrected chi connectivity index (χ0v) is 12.1. The van der Waals surface area contributed by atoms with Crippen LogP contribution in [-0.2, 0) is 0 Å². The summed E-state index contributed by atoms with van der Waals surface area (Å²) in [4.78, 5) is 2.56. The minimum absolute atomic E-state index is 0.428. The van der Waals surface area contributed by atoms with Gasteiger partial charge in [0.25, 0.3) is 0 Å². The minimum Gasteiger partial charge on any atom is -0.327 e. The number of hydrogen-bond acceptors (Lipinski definition) is 2. The van der Waals surface area contributed by atoms with Gasteiger partial charge in [0.2, 0.25) is 0 Å². The molecule has 2 nitrogen and oxygen atoms in total. The van der Waals surface area contributed by atoms with Gasteiger partial charge in [-0.25, -0.2) is 0 Å². The fraction of sp³-hybridized carbons (Fsp3) is 1.00. The van der Waals surface area contributed by atoms with Crippen LogP contribution in [0.2, 0.25) is 0 Å². The molecule has 2 fully saturated rings. The molecule has 100 valence electrons. The van der Waals surface area contributed by atoms with E-state index in [1.807, 2.05) is 0 Å². The lowest BCUT2D eigenvalue weighted by molar-refractivity contribution is 0.106. The molecule has 0 amide bonds. The van der Waals surface area contributed by atoms with Gasteiger partial charge < -0.3 is 10.6 Å². The van der Waals surface area contributed by atoms with Crippen molar-refractivity contribution in [3.8, 4) is 0 Å². The first-order valence-corrected chi connectivity index (χ1v) is 7.35. The molecule has 0 aromatic rings. The third-order valence-corrected chi connectivity index (χ3v) is 5.10. The molecule has 0 aliphatic heterocycles. The van der Waals surface area contributed by atoms with Crippen molar-refractivity contribution in [2.24, 2.45) is 23.0 Å². The van der Waals surface area contributed by atoms with E-state index >= 15 is 0 Å². The molecule has 2 N–H and O–H groups in total. The third kappa shape index (κ3) is 3.45. The van der Waals surface area contributed by atoms with E-state index < -0.39 is 0 Å². The third-order valence-electron chi connectivity index (χ3n) is 5.10. The van der Waals surface area contributed by atoms with Crippen LogP contribution in [0.4, 0.5) is 0 Å². The molecule has 0 radical (unpaired) electrons. The number of hydrogen-bond donors (Lipinski definition) is 1. The lowest BCUT2D eigenvalue weighted by Crippen LogP contribution is -2.46. The van der Waals surface area contributed by atoms with Crippen LogP contribution >= 0.6 is 0 Å². The average molecular weight is 238 g/mol. The molecule has 3 unspecified atom stereocenters. The van der Waals surface area contributed by atoms with Crippen molar-refractivity contribution in [2.45, 2.75) is 65.0 Å². The minimum atomic E-state index is 0.428. The van der Waals surface area contributed by atoms with E-state index in [1.165, 1.54) is 38.6 Å². The first-order chi connectivity index (χ1) is 7.89. The van der Waals surface area contributed by atoms with Gasteiger partial charge in [0.05, 0.1) is 0 Å². The van der Waals surface area contributed by atoms with Crippen molar-refractivity contribution in [1.29, 1.82) is 0 Å². The maximum absolute atomic E-state index is 6.31. The van der Waals surface area contributed by atoms with Crippen LogP contribution in [0.3, 0.4) is 0 Å². The molecule has 3 atom stereocenters. The summed E-state index contributed by atoms with van der Waals surface area (Å²) in [5.74, 6) is 1.66. The molecule has 0 heterocycles. The second-order valence-electron chi connectivity index (χ2n) is 7.35. The number of rotatable bonds is 4. The number of nitrogens with two attached hydrogens (primary N) is 1. The molecule has 2 heteroatoms. The summed E-state index contributed by atoms with van der Waals surface area (Å²) in [6.07, 6.45) is 6.69. The van der Waals surface area contributed by atoms with Crippen LogP contribution in [0.1, 0.15) is 52.9 Å². The van der Waals surface area contributed by atoms with Gasteiger partial charge in [-0.05, 0) is 63.3 Å². The topological polar surface area (TPSA) is 29.3 Å². The highest BCUT2D eigenvalue weighted by Crippen LogP contribution is 2.39. The molecule has 0 saturated heterocycles. The van der Waals surface area contributed by atoms with Crippen LogP contribution in [0.15, 0.2) is 0 Å². The number of nitrogens with zero attached hydrogens (tertiary/aromatic N) is 1. The summed E-state index contributed by atoms with van der Waals surface area (Å²) >= 11 is 0. The monoisotopic (exact) mass is 238 g/mol. The molecule has 0 aromatic carbocycles. The van der Waals surface area contributed by atoms with Crippen molar-refractivity contribution in [3.05, 3.63) is 0 Å². The molecule has 17 heavy (non-hydrogen) atoms. The summed E-state index contributed by atoms with van der Waals surface area (Å²) in [6, 6.07) is 1.18. The SMILES string of the molecule is CC(C1CC1)N(C)CC1CC(C)(C)CCC1N. The molecule has 2 aliphatic rings. The zero-order valence-electron chi connectivity index (χ0n) is 12.1. The van der Waals surface area contributed by atoms with Crippen molar-refractivity contribution >= 4 is 0 Å². The Hall–Kier alpha value is -0.0800. The van der Waals surface area contributed by atoms with Gasteiger partial charge in [-0.3, -0.25) is 0 Å². The first-order valence-electron chi connectivity index (χ1n) is 7.35. The van der Waals surface area contributed by atoms with Gasteiger partial charge in [0.1, 0.15) is 0 Å². The standard InChI is InChI=1S/C15H30N2/c1-11(12-5-6-12)17(4)10-13-9-15(2,3)8-7-14(13)16/h11-14H,5-10,16H2,1-4H3. The van der Waals surface area contributed by atoms with E-state index in [0.29, 0.717) is 17.4 Å². The fourth-order valence-electron chi connectivity index (χ4n) is 3.43. The Morgan fingerprint density at radius 3 is 2.53 bits per heavy atom. The van der Waals surface area contributed by atoms with Gasteiger partial charge in [-0.1, -0.05) is 13.8 Å². The largest absolute Gasteiger partial charge is 0.327 e. The summed E-state index contributed by atoms with van der Waals surface area (Å²) in [7, 11) is 2.29. The molecule has 0 spiro atoms. The molecule has 0 aromatic heterocycles. The van der Waals surface area contributed by atoms with Gasteiger partial charge >= 0.3 is 0 Å². The van der Waals surface area contributed by atoms with Gasteiger partial charge in [-0.2, -0.15) is 0 Å². The Morgan fingerprint density at radius 2 is 1.94 bits per heavy atom. The maximum atomic E-state index is 6.31. The summed E-state index contributed by atoms with van der Waals surface area (Å²) < 4.78 is 0. The summed E-state index contributed by atoms with van der Waals surface area (Å²) in [5, 5.41) is 0. The first kappa shape index (κ1) is 13.4. The van der Waals surface area contributed by atoms with Crippen molar-refractivity contribution in [2.75, 3.05) is 13.6 Å². The smallest absolute Gasteiger partial charge is 0.00922 e. The lowest BCUT2D eigenvalue weighted by Gasteiger charge is -2.41. The van der Waals surface area contributed by atoms with Gasteiger partial charge in [-0.15, -0.1) is 0 Å². The van der Waals surface area contributed by atoms with Crippen molar-refractivity contribution in [3.63, 3.8) is 0 Å². The van der Waals surface area contributed by atoms with E-state index in [1.54, 1.807) is 0 Å². The van der Waals surface area contributed by atoms with Crippen LogP contribution in [0.5, 0.6) is 0 Å². The Bertz CT molecular complexity index is 258. The van der Waals surface area contributed by atoms with Crippen LogP contribution < -0.4 is 5.73 Å². The predicted octanol–water partition coefficient (Wildman–Crippen LogP) is 2.87. The van der Waals surface area contributed by atoms with Crippen LogP contribution in [0, 0.1) is 17.3 Å². The fourth-order valence-corrected chi connectivity index (χ4v) is 3.43. The van der Waals surface area contributed by atoms with E-state index in [-0.39, 0.29) is 0 Å². The highest BCUT2D eigenvalue weighted by molar-refractivity contribution is 4.90. The summed E-state index contributed by atoms with van der Waals surface area (Å²) in [6.45, 7) is 8.38. The van der Waals surface area contributed by atoms with Crippen molar-refractivity contribution < 1.29 is 0 Å². The second-order valence-corrected chi connectivity index (χ2v) is 7.35. The van der Waals surface area contributed by atoms with Crippen LogP contribution in [0.25, 0.3) is 0 Å². The summed E-state index contributed by atoms with van der Waals surface area (Å²) in [5.41, 5.74) is 6.82. The maximum Gasteiger partial charge on any atom is 0.00922 e. The van der Waals surface area contributed by atoms with E-state index in [2.05, 4.69) is 32.7 Å². The van der Waals surface area contributed by atoms with E-state index in [0.717, 1.165) is 12.0 Å². The molecular formula is C15H30N2. The average Bonchev–Trinajstić information content (AvgIpc) is 3.05. The van der Waals surface area contributed by atoms with Crippen molar-refractivity contribution in [1.82, 2.24) is 4.90 Å². The normalized spacial score (nSPS) is 34.9. The highest BCUT2D eigenvalue weighted by atomic mass is 15.1. The molecule has 2 saturated carbocycles. The zero-order chi connectivity index (χ0) is 12.6. The second kappa shape index (κ2) is 4.89. The Labute approximate surface area is 107 Å². The Balaban J connectivity index is 1.87. The molecule has 2 aliphatic carbocycles. The Morgan fingerprint density at radius 1 is 1.29 bits per heavy atom. The van der Waals surface area contributed by atoms with E-state index in [4.69, 9.17) is 5.73 Å². The molecule has 2 rings (SSSR count). The molecule has 0 bridgehead atoms. The molecular weight excluding hydrogens is 208 g/mol.